The van der Waals surface area contributed by atoms with Crippen molar-refractivity contribution < 1.29 is 30.6 Å². The summed E-state index contributed by atoms with van der Waals surface area (Å²) in [5.74, 6) is 0.367. The Kier molecular flexibility index (Phi) is 6.03. The lowest BCUT2D eigenvalue weighted by Gasteiger charge is -2.72. The average molecular weight is 507 g/mol. The molecule has 4 fully saturated rings. The van der Waals surface area contributed by atoms with Gasteiger partial charge in [-0.05, 0) is 84.4 Å². The summed E-state index contributed by atoms with van der Waals surface area (Å²) in [6.07, 6.45) is 4.21. The van der Waals surface area contributed by atoms with Crippen molar-refractivity contribution in [1.82, 2.24) is 0 Å². The third-order valence-electron chi connectivity index (χ3n) is 13.5. The lowest BCUT2D eigenvalue weighted by Crippen LogP contribution is -2.71. The Morgan fingerprint density at radius 2 is 1.44 bits per heavy atom. The van der Waals surface area contributed by atoms with E-state index in [9.17, 15) is 30.6 Å². The van der Waals surface area contributed by atoms with Crippen LogP contribution in [-0.4, -0.2) is 68.3 Å². The van der Waals surface area contributed by atoms with Crippen LogP contribution in [0, 0.1) is 50.2 Å². The molecule has 6 N–H and O–H groups in total. The summed E-state index contributed by atoms with van der Waals surface area (Å²) >= 11 is 0. The summed E-state index contributed by atoms with van der Waals surface area (Å²) < 4.78 is 0. The smallest absolute Gasteiger partial charge is 0.0913 e. The number of allylic oxidation sites excluding steroid dienone is 2. The van der Waals surface area contributed by atoms with Gasteiger partial charge in [-0.3, -0.25) is 0 Å². The van der Waals surface area contributed by atoms with E-state index in [4.69, 9.17) is 0 Å². The Bertz CT molecular complexity index is 932. The first-order valence-electron chi connectivity index (χ1n) is 14.2. The third-order valence-corrected chi connectivity index (χ3v) is 13.5. The standard InChI is InChI=1S/C30H50O6/c1-25(2)13-18-17-7-8-20-26(3)11-10-21(33)27(4,15-31)19(26)9-12-28(20,5)29(17,6)14-22(34)30(18,16-32)24(36)23(25)35/h7,18-24,31-36H,8-16H2,1-6H3/t18?,19?,20?,21-,22?,23-,24?,26-,27+,28+,29?,30-/m0/s1. The van der Waals surface area contributed by atoms with Crippen LogP contribution in [-0.2, 0) is 0 Å². The first kappa shape index (κ1) is 27.1. The van der Waals surface area contributed by atoms with E-state index < -0.39 is 40.7 Å². The number of hydrogen-bond donors (Lipinski definition) is 6. The van der Waals surface area contributed by atoms with Crippen molar-refractivity contribution >= 4 is 0 Å². The van der Waals surface area contributed by atoms with Gasteiger partial charge < -0.3 is 30.6 Å². The molecule has 6 unspecified atom stereocenters. The molecular weight excluding hydrogens is 456 g/mol. The normalized spacial score (nSPS) is 58.1. The maximum absolute atomic E-state index is 11.8. The number of hydrogen-bond acceptors (Lipinski definition) is 6. The van der Waals surface area contributed by atoms with Gasteiger partial charge in [-0.15, -0.1) is 0 Å². The van der Waals surface area contributed by atoms with Crippen LogP contribution in [0.25, 0.3) is 0 Å². The van der Waals surface area contributed by atoms with Crippen LogP contribution in [0.2, 0.25) is 0 Å². The summed E-state index contributed by atoms with van der Waals surface area (Å²) in [7, 11) is 0. The van der Waals surface area contributed by atoms with Gasteiger partial charge >= 0.3 is 0 Å². The molecule has 0 saturated heterocycles. The van der Waals surface area contributed by atoms with Crippen molar-refractivity contribution in [3.05, 3.63) is 11.6 Å². The maximum atomic E-state index is 11.8. The summed E-state index contributed by atoms with van der Waals surface area (Å²) in [5.41, 5.74) is -1.40. The fraction of sp³-hybridized carbons (Fsp3) is 0.933. The molecule has 0 radical (unpaired) electrons. The highest BCUT2D eigenvalue weighted by atomic mass is 16.3. The highest BCUT2D eigenvalue weighted by molar-refractivity contribution is 5.36. The zero-order valence-corrected chi connectivity index (χ0v) is 23.2. The Morgan fingerprint density at radius 3 is 2.06 bits per heavy atom. The molecular formula is C30H50O6. The van der Waals surface area contributed by atoms with Crippen LogP contribution >= 0.6 is 0 Å². The minimum absolute atomic E-state index is 0.00861. The van der Waals surface area contributed by atoms with Gasteiger partial charge in [-0.25, -0.2) is 0 Å². The first-order chi connectivity index (χ1) is 16.6. The highest BCUT2D eigenvalue weighted by Crippen LogP contribution is 2.75. The Balaban J connectivity index is 1.63. The summed E-state index contributed by atoms with van der Waals surface area (Å²) in [4.78, 5) is 0. The second kappa shape index (κ2) is 8.02. The van der Waals surface area contributed by atoms with Crippen molar-refractivity contribution in [2.45, 2.75) is 111 Å². The maximum Gasteiger partial charge on any atom is 0.0913 e. The first-order valence-corrected chi connectivity index (χ1v) is 14.2. The summed E-state index contributed by atoms with van der Waals surface area (Å²) in [6, 6.07) is 0. The second-order valence-electron chi connectivity index (χ2n) is 15.1. The minimum atomic E-state index is -1.19. The lowest BCUT2D eigenvalue weighted by molar-refractivity contribution is -0.259. The van der Waals surface area contributed by atoms with Crippen LogP contribution in [0.3, 0.4) is 0 Å². The Hall–Kier alpha value is -0.500. The van der Waals surface area contributed by atoms with E-state index in [2.05, 4.69) is 33.8 Å². The molecule has 206 valence electrons. The third kappa shape index (κ3) is 2.95. The molecule has 0 bridgehead atoms. The Labute approximate surface area is 216 Å². The highest BCUT2D eigenvalue weighted by Gasteiger charge is 2.72. The topological polar surface area (TPSA) is 121 Å². The van der Waals surface area contributed by atoms with Crippen molar-refractivity contribution in [3.8, 4) is 0 Å². The van der Waals surface area contributed by atoms with Gasteiger partial charge in [0, 0.05) is 5.41 Å². The molecule has 5 aliphatic carbocycles. The molecule has 0 aromatic carbocycles. The SMILES string of the molecule is CC1(C)CC2C3=CCC4[C@@]5(C)CC[C@H](O)[C@](C)(CO)C5CC[C@@]4(C)C3(C)CC(O)[C@@]2(CO)C(O)[C@@H]1O. The zero-order valence-electron chi connectivity index (χ0n) is 23.2. The summed E-state index contributed by atoms with van der Waals surface area (Å²) in [5, 5.41) is 66.1. The van der Waals surface area contributed by atoms with Gasteiger partial charge in [0.2, 0.25) is 0 Å². The van der Waals surface area contributed by atoms with Crippen LogP contribution in [0.5, 0.6) is 0 Å². The van der Waals surface area contributed by atoms with E-state index in [1.807, 2.05) is 13.8 Å². The summed E-state index contributed by atoms with van der Waals surface area (Å²) in [6.45, 7) is 12.7. The van der Waals surface area contributed by atoms with Crippen molar-refractivity contribution in [1.29, 1.82) is 0 Å². The predicted molar refractivity (Wildman–Crippen MR) is 138 cm³/mol. The molecule has 6 heteroatoms. The number of rotatable bonds is 2. The van der Waals surface area contributed by atoms with E-state index in [1.165, 1.54) is 5.57 Å². The van der Waals surface area contributed by atoms with Crippen molar-refractivity contribution in [2.24, 2.45) is 50.2 Å². The van der Waals surface area contributed by atoms with Crippen LogP contribution in [0.4, 0.5) is 0 Å². The van der Waals surface area contributed by atoms with Gasteiger partial charge in [-0.1, -0.05) is 53.2 Å². The quantitative estimate of drug-likeness (QED) is 0.320. The zero-order chi connectivity index (χ0) is 26.7. The molecule has 12 atom stereocenters. The fourth-order valence-electron chi connectivity index (χ4n) is 10.9. The van der Waals surface area contributed by atoms with Gasteiger partial charge in [0.05, 0.1) is 43.0 Å². The molecule has 0 aromatic heterocycles. The van der Waals surface area contributed by atoms with Crippen LogP contribution < -0.4 is 0 Å². The largest absolute Gasteiger partial charge is 0.396 e. The molecule has 5 rings (SSSR count). The molecule has 0 aromatic rings. The van der Waals surface area contributed by atoms with Gasteiger partial charge in [0.15, 0.2) is 0 Å². The van der Waals surface area contributed by atoms with Crippen LogP contribution in [0.1, 0.15) is 86.5 Å². The molecule has 0 spiro atoms. The number of aliphatic hydroxyl groups excluding tert-OH is 6. The van der Waals surface area contributed by atoms with Gasteiger partial charge in [0.25, 0.3) is 0 Å². The molecule has 5 aliphatic rings. The average Bonchev–Trinajstić information content (AvgIpc) is 2.81. The minimum Gasteiger partial charge on any atom is -0.396 e. The van der Waals surface area contributed by atoms with Gasteiger partial charge in [0.1, 0.15) is 0 Å². The fourth-order valence-corrected chi connectivity index (χ4v) is 10.9. The lowest BCUT2D eigenvalue weighted by atomic mass is 9.33. The van der Waals surface area contributed by atoms with E-state index >= 15 is 0 Å². The van der Waals surface area contributed by atoms with Gasteiger partial charge in [-0.2, -0.15) is 0 Å². The molecule has 0 aliphatic heterocycles. The molecule has 0 amide bonds. The molecule has 6 nitrogen and oxygen atoms in total. The van der Waals surface area contributed by atoms with Crippen molar-refractivity contribution in [2.75, 3.05) is 13.2 Å². The predicted octanol–water partition coefficient (Wildman–Crippen LogP) is 3.03. The van der Waals surface area contributed by atoms with E-state index in [0.29, 0.717) is 25.2 Å². The molecule has 36 heavy (non-hydrogen) atoms. The van der Waals surface area contributed by atoms with Crippen molar-refractivity contribution in [3.63, 3.8) is 0 Å². The Morgan fingerprint density at radius 1 is 0.778 bits per heavy atom. The molecule has 0 heterocycles. The van der Waals surface area contributed by atoms with E-state index in [-0.39, 0.29) is 41.3 Å². The van der Waals surface area contributed by atoms with E-state index in [1.54, 1.807) is 0 Å². The molecule has 4 saturated carbocycles. The monoisotopic (exact) mass is 506 g/mol. The van der Waals surface area contributed by atoms with E-state index in [0.717, 1.165) is 25.7 Å². The number of fused-ring (bicyclic) bond motifs is 7. The second-order valence-corrected chi connectivity index (χ2v) is 15.1. The number of aliphatic hydroxyl groups is 6. The van der Waals surface area contributed by atoms with Crippen LogP contribution in [0.15, 0.2) is 11.6 Å².